The lowest BCUT2D eigenvalue weighted by Gasteiger charge is -2.03. The number of nitrogens with two attached hydrogens (primary N) is 1. The maximum Gasteiger partial charge on any atom is 0.337 e. The second-order valence-electron chi connectivity index (χ2n) is 3.28. The molecule has 2 aromatic rings. The molecule has 1 heterocycles. The summed E-state index contributed by atoms with van der Waals surface area (Å²) in [7, 11) is 0. The zero-order valence-corrected chi connectivity index (χ0v) is 8.25. The number of hydrogen-bond donors (Lipinski definition) is 3. The molecule has 6 heteroatoms. The molecule has 0 amide bonds. The zero-order valence-electron chi connectivity index (χ0n) is 8.25. The molecule has 1 aromatic heterocycles. The van der Waals surface area contributed by atoms with Gasteiger partial charge in [-0.3, -0.25) is 0 Å². The summed E-state index contributed by atoms with van der Waals surface area (Å²) in [6, 6.07) is 4.52. The van der Waals surface area contributed by atoms with E-state index in [4.69, 9.17) is 15.3 Å². The number of fused-ring (bicyclic) bond motifs is 1. The summed E-state index contributed by atoms with van der Waals surface area (Å²) >= 11 is 0. The van der Waals surface area contributed by atoms with Gasteiger partial charge < -0.3 is 20.4 Å². The van der Waals surface area contributed by atoms with E-state index in [0.29, 0.717) is 17.0 Å². The van der Waals surface area contributed by atoms with E-state index in [1.807, 2.05) is 0 Å². The Labute approximate surface area is 90.3 Å². The Bertz CT molecular complexity index is 535. The van der Waals surface area contributed by atoms with Crippen molar-refractivity contribution in [3.8, 4) is 0 Å². The highest BCUT2D eigenvalue weighted by atomic mass is 16.4. The molecule has 0 aliphatic carbocycles. The molecule has 0 saturated carbocycles. The number of carbonyl (C=O) groups is 1. The van der Waals surface area contributed by atoms with Gasteiger partial charge in [0, 0.05) is 0 Å². The SMILES string of the molecule is NCc1nc2ccc(C(O)C(=O)O)cc2o1. The Hall–Kier alpha value is -1.92. The van der Waals surface area contributed by atoms with Crippen LogP contribution in [-0.2, 0) is 11.3 Å². The standard InChI is InChI=1S/C10H10N2O4/c11-4-8-12-6-2-1-5(3-7(6)16-8)9(13)10(14)15/h1-3,9,13H,4,11H2,(H,14,15). The number of benzene rings is 1. The first-order valence-corrected chi connectivity index (χ1v) is 4.62. The van der Waals surface area contributed by atoms with Crippen molar-refractivity contribution in [3.63, 3.8) is 0 Å². The predicted octanol–water partition coefficient (Wildman–Crippen LogP) is 0.405. The molecule has 1 aromatic carbocycles. The largest absolute Gasteiger partial charge is 0.479 e. The summed E-state index contributed by atoms with van der Waals surface area (Å²) in [5.74, 6) is -0.935. The third-order valence-electron chi connectivity index (χ3n) is 2.18. The lowest BCUT2D eigenvalue weighted by molar-refractivity contribution is -0.146. The van der Waals surface area contributed by atoms with E-state index in [2.05, 4.69) is 4.98 Å². The highest BCUT2D eigenvalue weighted by Crippen LogP contribution is 2.21. The molecule has 6 nitrogen and oxygen atoms in total. The number of oxazole rings is 1. The first-order chi connectivity index (χ1) is 7.61. The van der Waals surface area contributed by atoms with Crippen LogP contribution in [0.25, 0.3) is 11.1 Å². The van der Waals surface area contributed by atoms with Crippen LogP contribution < -0.4 is 5.73 Å². The maximum absolute atomic E-state index is 10.6. The molecule has 0 spiro atoms. The van der Waals surface area contributed by atoms with Gasteiger partial charge in [0.05, 0.1) is 6.54 Å². The normalized spacial score (nSPS) is 12.9. The lowest BCUT2D eigenvalue weighted by Crippen LogP contribution is -2.09. The second-order valence-corrected chi connectivity index (χ2v) is 3.28. The van der Waals surface area contributed by atoms with Gasteiger partial charge in [0.2, 0.25) is 5.89 Å². The maximum atomic E-state index is 10.6. The van der Waals surface area contributed by atoms with Gasteiger partial charge >= 0.3 is 5.97 Å². The molecule has 84 valence electrons. The van der Waals surface area contributed by atoms with E-state index in [1.54, 1.807) is 6.07 Å². The third kappa shape index (κ3) is 1.75. The van der Waals surface area contributed by atoms with E-state index < -0.39 is 12.1 Å². The van der Waals surface area contributed by atoms with Gasteiger partial charge in [0.15, 0.2) is 11.7 Å². The van der Waals surface area contributed by atoms with Crippen LogP contribution >= 0.6 is 0 Å². The van der Waals surface area contributed by atoms with Crippen LogP contribution in [0.1, 0.15) is 17.6 Å². The molecule has 0 bridgehead atoms. The lowest BCUT2D eigenvalue weighted by atomic mass is 10.1. The van der Waals surface area contributed by atoms with Gasteiger partial charge in [0.25, 0.3) is 0 Å². The number of aromatic nitrogens is 1. The van der Waals surface area contributed by atoms with Crippen LogP contribution in [0, 0.1) is 0 Å². The topological polar surface area (TPSA) is 110 Å². The van der Waals surface area contributed by atoms with Crippen molar-refractivity contribution >= 4 is 17.1 Å². The van der Waals surface area contributed by atoms with Crippen LogP contribution in [0.4, 0.5) is 0 Å². The summed E-state index contributed by atoms with van der Waals surface area (Å²) in [5.41, 5.74) is 6.61. The minimum atomic E-state index is -1.56. The molecule has 0 fully saturated rings. The molecular formula is C10H10N2O4. The van der Waals surface area contributed by atoms with E-state index in [9.17, 15) is 9.90 Å². The van der Waals surface area contributed by atoms with Crippen molar-refractivity contribution in [1.29, 1.82) is 0 Å². The minimum Gasteiger partial charge on any atom is -0.479 e. The Kier molecular flexibility index (Phi) is 2.59. The molecule has 0 radical (unpaired) electrons. The number of hydrogen-bond acceptors (Lipinski definition) is 5. The van der Waals surface area contributed by atoms with Crippen LogP contribution in [0.5, 0.6) is 0 Å². The number of carboxylic acids is 1. The third-order valence-corrected chi connectivity index (χ3v) is 2.18. The van der Waals surface area contributed by atoms with Crippen molar-refractivity contribution in [2.75, 3.05) is 0 Å². The van der Waals surface area contributed by atoms with E-state index >= 15 is 0 Å². The van der Waals surface area contributed by atoms with Gasteiger partial charge in [0.1, 0.15) is 5.52 Å². The molecule has 1 unspecified atom stereocenters. The van der Waals surface area contributed by atoms with Gasteiger partial charge in [-0.2, -0.15) is 0 Å². The fourth-order valence-corrected chi connectivity index (χ4v) is 1.39. The van der Waals surface area contributed by atoms with Crippen molar-refractivity contribution in [3.05, 3.63) is 29.7 Å². The van der Waals surface area contributed by atoms with E-state index in [1.165, 1.54) is 12.1 Å². The number of aliphatic carboxylic acids is 1. The minimum absolute atomic E-state index is 0.172. The average Bonchev–Trinajstić information content (AvgIpc) is 2.69. The fraction of sp³-hybridized carbons (Fsp3) is 0.200. The highest BCUT2D eigenvalue weighted by molar-refractivity contribution is 5.78. The summed E-state index contributed by atoms with van der Waals surface area (Å²) in [4.78, 5) is 14.6. The first-order valence-electron chi connectivity index (χ1n) is 4.62. The smallest absolute Gasteiger partial charge is 0.337 e. The monoisotopic (exact) mass is 222 g/mol. The van der Waals surface area contributed by atoms with Gasteiger partial charge in [-0.15, -0.1) is 0 Å². The van der Waals surface area contributed by atoms with E-state index in [-0.39, 0.29) is 12.1 Å². The van der Waals surface area contributed by atoms with Crippen molar-refractivity contribution in [2.24, 2.45) is 5.73 Å². The highest BCUT2D eigenvalue weighted by Gasteiger charge is 2.17. The number of nitrogens with zero attached hydrogens (tertiary/aromatic N) is 1. The number of aliphatic hydroxyl groups excluding tert-OH is 1. The Morgan fingerprint density at radius 1 is 1.56 bits per heavy atom. The van der Waals surface area contributed by atoms with Crippen molar-refractivity contribution in [2.45, 2.75) is 12.6 Å². The average molecular weight is 222 g/mol. The van der Waals surface area contributed by atoms with E-state index in [0.717, 1.165) is 0 Å². The van der Waals surface area contributed by atoms with Gasteiger partial charge in [-0.1, -0.05) is 6.07 Å². The molecule has 1 atom stereocenters. The van der Waals surface area contributed by atoms with Crippen LogP contribution in [0.2, 0.25) is 0 Å². The molecule has 0 aliphatic heterocycles. The summed E-state index contributed by atoms with van der Waals surface area (Å²) < 4.78 is 5.25. The summed E-state index contributed by atoms with van der Waals surface area (Å²) in [6.07, 6.45) is -1.56. The molecular weight excluding hydrogens is 212 g/mol. The number of rotatable bonds is 3. The number of carboxylic acid groups (broad SMARTS) is 1. The molecule has 2 rings (SSSR count). The van der Waals surface area contributed by atoms with Crippen LogP contribution in [-0.4, -0.2) is 21.2 Å². The van der Waals surface area contributed by atoms with Gasteiger partial charge in [-0.25, -0.2) is 9.78 Å². The van der Waals surface area contributed by atoms with Crippen LogP contribution in [0.15, 0.2) is 22.6 Å². The molecule has 16 heavy (non-hydrogen) atoms. The Balaban J connectivity index is 2.46. The quantitative estimate of drug-likeness (QED) is 0.693. The van der Waals surface area contributed by atoms with Crippen LogP contribution in [0.3, 0.4) is 0 Å². The molecule has 0 saturated heterocycles. The number of aliphatic hydroxyl groups is 1. The van der Waals surface area contributed by atoms with Gasteiger partial charge in [-0.05, 0) is 17.7 Å². The summed E-state index contributed by atoms with van der Waals surface area (Å²) in [5, 5.41) is 18.0. The first kappa shape index (κ1) is 10.6. The zero-order chi connectivity index (χ0) is 11.7. The summed E-state index contributed by atoms with van der Waals surface area (Å²) in [6.45, 7) is 0.172. The van der Waals surface area contributed by atoms with Crippen molar-refractivity contribution < 1.29 is 19.4 Å². The molecule has 0 aliphatic rings. The van der Waals surface area contributed by atoms with Crippen molar-refractivity contribution in [1.82, 2.24) is 4.98 Å². The second kappa shape index (κ2) is 3.92. The Morgan fingerprint density at radius 3 is 2.94 bits per heavy atom. The fourth-order valence-electron chi connectivity index (χ4n) is 1.39. The predicted molar refractivity (Wildman–Crippen MR) is 54.5 cm³/mol. The molecule has 4 N–H and O–H groups in total. The Morgan fingerprint density at radius 2 is 2.31 bits per heavy atom.